The van der Waals surface area contributed by atoms with Crippen LogP contribution in [0.1, 0.15) is 15.9 Å². The van der Waals surface area contributed by atoms with Crippen molar-refractivity contribution in [2.45, 2.75) is 6.54 Å². The largest absolute Gasteiger partial charge is 0.348 e. The minimum Gasteiger partial charge on any atom is -0.348 e. The molecule has 2 N–H and O–H groups in total. The molecule has 0 saturated carbocycles. The molecular formula is C13H11N3O4. The van der Waals surface area contributed by atoms with E-state index in [0.29, 0.717) is 11.1 Å². The number of non-ortho nitro benzene ring substituents is 1. The standard InChI is InChI=1S/C13H11N3O4/c17-12-5-4-10(8-14-12)13(18)15-7-9-2-1-3-11(6-9)16(19)20/h1-6,8H,7H2,(H,14,17)(H,15,18). The lowest BCUT2D eigenvalue weighted by Gasteiger charge is -2.05. The van der Waals surface area contributed by atoms with Gasteiger partial charge in [-0.15, -0.1) is 0 Å². The van der Waals surface area contributed by atoms with E-state index in [0.717, 1.165) is 0 Å². The highest BCUT2D eigenvalue weighted by atomic mass is 16.6. The Kier molecular flexibility index (Phi) is 3.90. The number of nitro groups is 1. The Hall–Kier alpha value is -2.96. The summed E-state index contributed by atoms with van der Waals surface area (Å²) in [4.78, 5) is 35.2. The zero-order chi connectivity index (χ0) is 14.5. The number of aromatic nitrogens is 1. The summed E-state index contributed by atoms with van der Waals surface area (Å²) in [5, 5.41) is 13.2. The predicted octanol–water partition coefficient (Wildman–Crippen LogP) is 1.21. The van der Waals surface area contributed by atoms with Gasteiger partial charge in [0.05, 0.1) is 10.5 Å². The molecule has 0 radical (unpaired) electrons. The summed E-state index contributed by atoms with van der Waals surface area (Å²) in [5.74, 6) is -0.368. The topological polar surface area (TPSA) is 105 Å². The normalized spacial score (nSPS) is 10.0. The van der Waals surface area contributed by atoms with Crippen molar-refractivity contribution >= 4 is 11.6 Å². The van der Waals surface area contributed by atoms with E-state index in [1.165, 1.54) is 30.5 Å². The molecule has 0 unspecified atom stereocenters. The summed E-state index contributed by atoms with van der Waals surface area (Å²) in [7, 11) is 0. The molecule has 1 aromatic carbocycles. The first-order valence-electron chi connectivity index (χ1n) is 5.76. The number of amides is 1. The minimum atomic E-state index is -0.493. The molecule has 102 valence electrons. The molecule has 0 aliphatic heterocycles. The van der Waals surface area contributed by atoms with Crippen LogP contribution < -0.4 is 10.9 Å². The van der Waals surface area contributed by atoms with Crippen molar-refractivity contribution in [3.05, 3.63) is 74.2 Å². The van der Waals surface area contributed by atoms with Crippen LogP contribution in [-0.4, -0.2) is 15.8 Å². The maximum absolute atomic E-state index is 11.8. The summed E-state index contributed by atoms with van der Waals surface area (Å²) in [6.07, 6.45) is 1.31. The van der Waals surface area contributed by atoms with E-state index in [2.05, 4.69) is 10.3 Å². The molecular weight excluding hydrogens is 262 g/mol. The first-order chi connectivity index (χ1) is 9.56. The monoisotopic (exact) mass is 273 g/mol. The van der Waals surface area contributed by atoms with Gasteiger partial charge < -0.3 is 10.3 Å². The number of H-pyrrole nitrogens is 1. The first kappa shape index (κ1) is 13.5. The number of aromatic amines is 1. The van der Waals surface area contributed by atoms with Gasteiger partial charge in [-0.2, -0.15) is 0 Å². The van der Waals surface area contributed by atoms with E-state index in [9.17, 15) is 19.7 Å². The number of rotatable bonds is 4. The van der Waals surface area contributed by atoms with Gasteiger partial charge in [-0.05, 0) is 11.6 Å². The van der Waals surface area contributed by atoms with Crippen LogP contribution in [0.3, 0.4) is 0 Å². The Morgan fingerprint density at radius 1 is 1.30 bits per heavy atom. The van der Waals surface area contributed by atoms with Crippen LogP contribution in [0.4, 0.5) is 5.69 Å². The lowest BCUT2D eigenvalue weighted by atomic mass is 10.2. The van der Waals surface area contributed by atoms with Crippen LogP contribution in [0.25, 0.3) is 0 Å². The molecule has 0 atom stereocenters. The van der Waals surface area contributed by atoms with Gasteiger partial charge in [0.15, 0.2) is 0 Å². The van der Waals surface area contributed by atoms with E-state index in [-0.39, 0.29) is 23.7 Å². The van der Waals surface area contributed by atoms with Gasteiger partial charge in [0.25, 0.3) is 11.6 Å². The average Bonchev–Trinajstić information content (AvgIpc) is 2.46. The predicted molar refractivity (Wildman–Crippen MR) is 71.3 cm³/mol. The number of carbonyl (C=O) groups excluding carboxylic acids is 1. The second kappa shape index (κ2) is 5.79. The third-order valence-electron chi connectivity index (χ3n) is 2.62. The van der Waals surface area contributed by atoms with Gasteiger partial charge >= 0.3 is 0 Å². The summed E-state index contributed by atoms with van der Waals surface area (Å²) in [5.41, 5.74) is 0.619. The smallest absolute Gasteiger partial charge is 0.269 e. The second-order valence-corrected chi connectivity index (χ2v) is 4.05. The average molecular weight is 273 g/mol. The summed E-state index contributed by atoms with van der Waals surface area (Å²) < 4.78 is 0. The maximum atomic E-state index is 11.8. The van der Waals surface area contributed by atoms with Crippen LogP contribution in [-0.2, 0) is 6.54 Å². The van der Waals surface area contributed by atoms with Gasteiger partial charge in [0.2, 0.25) is 5.56 Å². The van der Waals surface area contributed by atoms with E-state index in [1.54, 1.807) is 12.1 Å². The van der Waals surface area contributed by atoms with Gasteiger partial charge in [-0.1, -0.05) is 12.1 Å². The van der Waals surface area contributed by atoms with Gasteiger partial charge in [0.1, 0.15) is 0 Å². The minimum absolute atomic E-state index is 0.0270. The molecule has 0 spiro atoms. The second-order valence-electron chi connectivity index (χ2n) is 4.05. The van der Waals surface area contributed by atoms with Crippen molar-refractivity contribution in [3.63, 3.8) is 0 Å². The van der Waals surface area contributed by atoms with E-state index in [1.807, 2.05) is 0 Å². The van der Waals surface area contributed by atoms with E-state index >= 15 is 0 Å². The third-order valence-corrected chi connectivity index (χ3v) is 2.62. The van der Waals surface area contributed by atoms with E-state index in [4.69, 9.17) is 0 Å². The Morgan fingerprint density at radius 2 is 2.10 bits per heavy atom. The molecule has 20 heavy (non-hydrogen) atoms. The van der Waals surface area contributed by atoms with Crippen molar-refractivity contribution in [3.8, 4) is 0 Å². The van der Waals surface area contributed by atoms with Crippen LogP contribution in [0.15, 0.2) is 47.4 Å². The highest BCUT2D eigenvalue weighted by molar-refractivity contribution is 5.93. The van der Waals surface area contributed by atoms with Gasteiger partial charge in [-0.3, -0.25) is 19.7 Å². The number of hydrogen-bond acceptors (Lipinski definition) is 4. The van der Waals surface area contributed by atoms with Crippen molar-refractivity contribution in [2.24, 2.45) is 0 Å². The van der Waals surface area contributed by atoms with Gasteiger partial charge in [0, 0.05) is 30.9 Å². The third kappa shape index (κ3) is 3.29. The molecule has 0 aliphatic carbocycles. The molecule has 2 rings (SSSR count). The van der Waals surface area contributed by atoms with Gasteiger partial charge in [-0.25, -0.2) is 0 Å². The Labute approximate surface area is 113 Å². The fourth-order valence-corrected chi connectivity index (χ4v) is 1.62. The Balaban J connectivity index is 2.03. The van der Waals surface area contributed by atoms with Crippen molar-refractivity contribution in [1.29, 1.82) is 0 Å². The number of carbonyl (C=O) groups is 1. The lowest BCUT2D eigenvalue weighted by molar-refractivity contribution is -0.384. The number of nitro benzene ring substituents is 1. The Bertz CT molecular complexity index is 688. The molecule has 0 aliphatic rings. The molecule has 2 aromatic rings. The van der Waals surface area contributed by atoms with Crippen molar-refractivity contribution in [2.75, 3.05) is 0 Å². The number of pyridine rings is 1. The van der Waals surface area contributed by atoms with E-state index < -0.39 is 4.92 Å². The quantitative estimate of drug-likeness (QED) is 0.645. The lowest BCUT2D eigenvalue weighted by Crippen LogP contribution is -2.23. The molecule has 1 heterocycles. The molecule has 1 aromatic heterocycles. The molecule has 1 amide bonds. The summed E-state index contributed by atoms with van der Waals surface area (Å²) in [6.45, 7) is 0.166. The zero-order valence-corrected chi connectivity index (χ0v) is 10.3. The van der Waals surface area contributed by atoms with Crippen LogP contribution in [0.5, 0.6) is 0 Å². The highest BCUT2D eigenvalue weighted by Gasteiger charge is 2.08. The van der Waals surface area contributed by atoms with Crippen LogP contribution >= 0.6 is 0 Å². The molecule has 0 saturated heterocycles. The highest BCUT2D eigenvalue weighted by Crippen LogP contribution is 2.12. The first-order valence-corrected chi connectivity index (χ1v) is 5.76. The number of nitrogens with zero attached hydrogens (tertiary/aromatic N) is 1. The fraction of sp³-hybridized carbons (Fsp3) is 0.0769. The number of nitrogens with one attached hydrogen (secondary N) is 2. The molecule has 0 bridgehead atoms. The Morgan fingerprint density at radius 3 is 2.75 bits per heavy atom. The summed E-state index contributed by atoms with van der Waals surface area (Å²) >= 11 is 0. The van der Waals surface area contributed by atoms with Crippen molar-refractivity contribution < 1.29 is 9.72 Å². The molecule has 7 heteroatoms. The fourth-order valence-electron chi connectivity index (χ4n) is 1.62. The molecule has 7 nitrogen and oxygen atoms in total. The molecule has 0 fully saturated rings. The summed E-state index contributed by atoms with van der Waals surface area (Å²) in [6, 6.07) is 8.67. The van der Waals surface area contributed by atoms with Crippen LogP contribution in [0.2, 0.25) is 0 Å². The number of hydrogen-bond donors (Lipinski definition) is 2. The zero-order valence-electron chi connectivity index (χ0n) is 10.3. The van der Waals surface area contributed by atoms with Crippen LogP contribution in [0, 0.1) is 10.1 Å². The number of benzene rings is 1. The van der Waals surface area contributed by atoms with Crippen molar-refractivity contribution in [1.82, 2.24) is 10.3 Å². The SMILES string of the molecule is O=C(NCc1cccc([N+](=O)[O-])c1)c1ccc(=O)[nH]c1. The maximum Gasteiger partial charge on any atom is 0.269 e.